The van der Waals surface area contributed by atoms with Crippen molar-refractivity contribution in [3.8, 4) is 0 Å². The molecule has 1 aromatic carbocycles. The Balaban J connectivity index is 1.99. The summed E-state index contributed by atoms with van der Waals surface area (Å²) in [4.78, 5) is 28.4. The summed E-state index contributed by atoms with van der Waals surface area (Å²) < 4.78 is 6.29. The number of benzene rings is 1. The fourth-order valence-electron chi connectivity index (χ4n) is 2.62. The van der Waals surface area contributed by atoms with Gasteiger partial charge in [0, 0.05) is 29.7 Å². The number of hydrogen-bond donors (Lipinski definition) is 0. The van der Waals surface area contributed by atoms with Gasteiger partial charge >= 0.3 is 6.09 Å². The van der Waals surface area contributed by atoms with Crippen molar-refractivity contribution < 1.29 is 14.3 Å². The monoisotopic (exact) mass is 444 g/mol. The molecule has 24 heavy (non-hydrogen) atoms. The molecular weight excluding hydrogens is 419 g/mol. The summed E-state index contributed by atoms with van der Waals surface area (Å²) in [6.07, 6.45) is 0.494. The van der Waals surface area contributed by atoms with Crippen molar-refractivity contribution in [2.24, 2.45) is 5.92 Å². The van der Waals surface area contributed by atoms with Crippen LogP contribution in [0.3, 0.4) is 0 Å². The number of hydrogen-bond acceptors (Lipinski definition) is 3. The highest BCUT2D eigenvalue weighted by atomic mass is 127. The lowest BCUT2D eigenvalue weighted by Gasteiger charge is -2.23. The van der Waals surface area contributed by atoms with Crippen LogP contribution >= 0.6 is 22.6 Å². The van der Waals surface area contributed by atoms with Crippen LogP contribution in [0.4, 0.5) is 4.79 Å². The zero-order chi connectivity index (χ0) is 17.7. The van der Waals surface area contributed by atoms with Crippen LogP contribution in [-0.2, 0) is 4.74 Å². The summed E-state index contributed by atoms with van der Waals surface area (Å²) in [6, 6.07) is 5.79. The number of carbonyl (C=O) groups excluding carboxylic acids is 2. The lowest BCUT2D eigenvalue weighted by molar-refractivity contribution is 0.0745. The SMILES string of the molecule is Cc1cccc(C(=O)N2CCCN(C(=O)OCC(C)C)CC2)c1I. The second-order valence-electron chi connectivity index (χ2n) is 6.54. The van der Waals surface area contributed by atoms with Crippen molar-refractivity contribution in [2.45, 2.75) is 27.2 Å². The molecule has 1 fully saturated rings. The van der Waals surface area contributed by atoms with Crippen molar-refractivity contribution >= 4 is 34.6 Å². The van der Waals surface area contributed by atoms with Gasteiger partial charge < -0.3 is 14.5 Å². The van der Waals surface area contributed by atoms with E-state index < -0.39 is 0 Å². The molecule has 0 aromatic heterocycles. The first-order valence-electron chi connectivity index (χ1n) is 8.36. The fraction of sp³-hybridized carbons (Fsp3) is 0.556. The first-order chi connectivity index (χ1) is 11.4. The lowest BCUT2D eigenvalue weighted by atomic mass is 10.1. The molecule has 1 heterocycles. The van der Waals surface area contributed by atoms with E-state index in [0.717, 1.165) is 21.1 Å². The molecule has 0 bridgehead atoms. The molecule has 2 rings (SSSR count). The van der Waals surface area contributed by atoms with Crippen LogP contribution in [0.15, 0.2) is 18.2 Å². The third-order valence-corrected chi connectivity index (χ3v) is 5.44. The zero-order valence-electron chi connectivity index (χ0n) is 14.5. The van der Waals surface area contributed by atoms with Crippen LogP contribution < -0.4 is 0 Å². The Labute approximate surface area is 157 Å². The van der Waals surface area contributed by atoms with Gasteiger partial charge in [0.1, 0.15) is 0 Å². The number of amides is 2. The molecule has 1 aliphatic rings. The molecular formula is C18H25IN2O3. The molecule has 1 aliphatic heterocycles. The van der Waals surface area contributed by atoms with Gasteiger partial charge in [-0.15, -0.1) is 0 Å². The number of nitrogens with zero attached hydrogens (tertiary/aromatic N) is 2. The molecule has 1 aromatic rings. The van der Waals surface area contributed by atoms with E-state index in [1.54, 1.807) is 4.90 Å². The predicted molar refractivity (Wildman–Crippen MR) is 102 cm³/mol. The Morgan fingerprint density at radius 1 is 1.17 bits per heavy atom. The van der Waals surface area contributed by atoms with E-state index in [0.29, 0.717) is 38.7 Å². The maximum absolute atomic E-state index is 12.8. The predicted octanol–water partition coefficient (Wildman–Crippen LogP) is 3.54. The van der Waals surface area contributed by atoms with Gasteiger partial charge in [0.15, 0.2) is 0 Å². The first kappa shape index (κ1) is 19.0. The van der Waals surface area contributed by atoms with E-state index in [-0.39, 0.29) is 12.0 Å². The van der Waals surface area contributed by atoms with Crippen molar-refractivity contribution in [3.05, 3.63) is 32.9 Å². The zero-order valence-corrected chi connectivity index (χ0v) is 16.7. The topological polar surface area (TPSA) is 49.9 Å². The van der Waals surface area contributed by atoms with E-state index in [4.69, 9.17) is 4.74 Å². The summed E-state index contributed by atoms with van der Waals surface area (Å²) >= 11 is 2.23. The minimum absolute atomic E-state index is 0.0421. The van der Waals surface area contributed by atoms with Crippen molar-refractivity contribution in [1.82, 2.24) is 9.80 Å². The highest BCUT2D eigenvalue weighted by molar-refractivity contribution is 14.1. The molecule has 1 saturated heterocycles. The van der Waals surface area contributed by atoms with Gasteiger partial charge in [-0.2, -0.15) is 0 Å². The van der Waals surface area contributed by atoms with Crippen LogP contribution in [0.1, 0.15) is 36.2 Å². The fourth-order valence-corrected chi connectivity index (χ4v) is 3.21. The van der Waals surface area contributed by atoms with Gasteiger partial charge in [-0.05, 0) is 53.5 Å². The minimum Gasteiger partial charge on any atom is -0.449 e. The lowest BCUT2D eigenvalue weighted by Crippen LogP contribution is -2.38. The summed E-state index contributed by atoms with van der Waals surface area (Å²) in [5, 5.41) is 0. The Morgan fingerprint density at radius 3 is 2.54 bits per heavy atom. The average molecular weight is 444 g/mol. The van der Waals surface area contributed by atoms with Gasteiger partial charge in [0.05, 0.1) is 12.2 Å². The van der Waals surface area contributed by atoms with Crippen molar-refractivity contribution in [2.75, 3.05) is 32.8 Å². The van der Waals surface area contributed by atoms with Gasteiger partial charge in [0.2, 0.25) is 0 Å². The number of rotatable bonds is 3. The second-order valence-corrected chi connectivity index (χ2v) is 7.62. The van der Waals surface area contributed by atoms with Gasteiger partial charge in [-0.3, -0.25) is 4.79 Å². The number of carbonyl (C=O) groups is 2. The quantitative estimate of drug-likeness (QED) is 0.671. The van der Waals surface area contributed by atoms with Crippen molar-refractivity contribution in [3.63, 3.8) is 0 Å². The van der Waals surface area contributed by atoms with Crippen LogP contribution in [-0.4, -0.2) is 54.6 Å². The minimum atomic E-state index is -0.275. The average Bonchev–Trinajstić information content (AvgIpc) is 2.80. The van der Waals surface area contributed by atoms with Gasteiger partial charge in [0.25, 0.3) is 5.91 Å². The molecule has 0 radical (unpaired) electrons. The van der Waals surface area contributed by atoms with Crippen molar-refractivity contribution in [1.29, 1.82) is 0 Å². The third kappa shape index (κ3) is 4.84. The molecule has 6 heteroatoms. The molecule has 0 unspecified atom stereocenters. The molecule has 0 saturated carbocycles. The number of ether oxygens (including phenoxy) is 1. The maximum atomic E-state index is 12.8. The van der Waals surface area contributed by atoms with E-state index in [1.165, 1.54) is 0 Å². The van der Waals surface area contributed by atoms with E-state index in [9.17, 15) is 9.59 Å². The molecule has 2 amide bonds. The highest BCUT2D eigenvalue weighted by Crippen LogP contribution is 2.19. The Hall–Kier alpha value is -1.31. The molecule has 0 spiro atoms. The molecule has 0 aliphatic carbocycles. The van der Waals surface area contributed by atoms with E-state index in [1.807, 2.05) is 43.9 Å². The number of aryl methyl sites for hydroxylation is 1. The molecule has 132 valence electrons. The summed E-state index contributed by atoms with van der Waals surface area (Å²) in [5.41, 5.74) is 1.85. The summed E-state index contributed by atoms with van der Waals surface area (Å²) in [6.45, 7) is 8.82. The molecule has 0 N–H and O–H groups in total. The number of halogens is 1. The van der Waals surface area contributed by atoms with Crippen LogP contribution in [0.25, 0.3) is 0 Å². The van der Waals surface area contributed by atoms with E-state index >= 15 is 0 Å². The summed E-state index contributed by atoms with van der Waals surface area (Å²) in [7, 11) is 0. The van der Waals surface area contributed by atoms with Gasteiger partial charge in [-0.1, -0.05) is 26.0 Å². The van der Waals surface area contributed by atoms with Gasteiger partial charge in [-0.25, -0.2) is 4.79 Å². The smallest absolute Gasteiger partial charge is 0.409 e. The Kier molecular flexibility index (Phi) is 6.89. The standard InChI is InChI=1S/C18H25IN2O3/c1-13(2)12-24-18(23)21-9-5-8-20(10-11-21)17(22)15-7-4-6-14(3)16(15)19/h4,6-7,13H,5,8-12H2,1-3H3. The second kappa shape index (κ2) is 8.69. The maximum Gasteiger partial charge on any atom is 0.409 e. The molecule has 5 nitrogen and oxygen atoms in total. The summed E-state index contributed by atoms with van der Waals surface area (Å²) in [5.74, 6) is 0.364. The highest BCUT2D eigenvalue weighted by Gasteiger charge is 2.24. The Morgan fingerprint density at radius 2 is 1.83 bits per heavy atom. The first-order valence-corrected chi connectivity index (χ1v) is 9.44. The van der Waals surface area contributed by atoms with Crippen LogP contribution in [0.2, 0.25) is 0 Å². The third-order valence-electron chi connectivity index (χ3n) is 4.00. The normalized spacial score (nSPS) is 15.4. The van der Waals surface area contributed by atoms with Crippen LogP contribution in [0, 0.1) is 16.4 Å². The van der Waals surface area contributed by atoms with E-state index in [2.05, 4.69) is 22.6 Å². The van der Waals surface area contributed by atoms with Crippen LogP contribution in [0.5, 0.6) is 0 Å². The Bertz CT molecular complexity index is 604. The largest absolute Gasteiger partial charge is 0.449 e. The molecule has 0 atom stereocenters.